The molecule has 0 N–H and O–H groups in total. The van der Waals surface area contributed by atoms with E-state index < -0.39 is 0 Å². The normalized spacial score (nSPS) is 10.8. The number of halogens is 1. The molecule has 0 saturated carbocycles. The van der Waals surface area contributed by atoms with Crippen molar-refractivity contribution < 1.29 is 0 Å². The Morgan fingerprint density at radius 1 is 0.432 bits per heavy atom. The number of hydrogen-bond acceptors (Lipinski definition) is 5. The Kier molecular flexibility index (Phi) is 6.31. The van der Waals surface area contributed by atoms with Crippen molar-refractivity contribution in [3.63, 3.8) is 0 Å². The maximum atomic E-state index is 4.94. The first kappa shape index (κ1) is 22.9. The van der Waals surface area contributed by atoms with Gasteiger partial charge >= 0.3 is 0 Å². The monoisotopic (exact) mass is 541 g/mol. The number of rotatable bonds is 5. The molecule has 2 aromatic carbocycles. The fraction of sp³-hybridized carbons (Fsp3) is 0. The van der Waals surface area contributed by atoms with Crippen LogP contribution in [0, 0.1) is 0 Å². The summed E-state index contributed by atoms with van der Waals surface area (Å²) in [6.45, 7) is 0. The van der Waals surface area contributed by atoms with E-state index in [-0.39, 0.29) is 0 Å². The lowest BCUT2D eigenvalue weighted by Gasteiger charge is -2.11. The highest BCUT2D eigenvalue weighted by molar-refractivity contribution is 9.10. The van der Waals surface area contributed by atoms with Gasteiger partial charge in [-0.05, 0) is 65.2 Å². The van der Waals surface area contributed by atoms with Crippen LogP contribution < -0.4 is 0 Å². The number of nitrogens with zero attached hydrogens (tertiary/aromatic N) is 5. The molecular formula is C31H20BrN5. The molecule has 4 heterocycles. The van der Waals surface area contributed by atoms with Crippen molar-refractivity contribution in [2.45, 2.75) is 0 Å². The first-order chi connectivity index (χ1) is 18.2. The van der Waals surface area contributed by atoms with Crippen LogP contribution in [0.15, 0.2) is 127 Å². The smallest absolute Gasteiger partial charge is 0.161 e. The molecule has 0 aliphatic heterocycles. The second kappa shape index (κ2) is 10.2. The van der Waals surface area contributed by atoms with Crippen molar-refractivity contribution in [2.24, 2.45) is 0 Å². The Bertz CT molecular complexity index is 1660. The Balaban J connectivity index is 1.47. The van der Waals surface area contributed by atoms with Crippen LogP contribution in [-0.2, 0) is 0 Å². The maximum Gasteiger partial charge on any atom is 0.161 e. The topological polar surface area (TPSA) is 64.5 Å². The summed E-state index contributed by atoms with van der Waals surface area (Å²) in [5.41, 5.74) is 8.78. The van der Waals surface area contributed by atoms with E-state index in [1.807, 2.05) is 42.7 Å². The van der Waals surface area contributed by atoms with Crippen LogP contribution in [0.5, 0.6) is 0 Å². The van der Waals surface area contributed by atoms with Gasteiger partial charge in [0.1, 0.15) is 0 Å². The van der Waals surface area contributed by atoms with Crippen LogP contribution in [0.25, 0.3) is 56.2 Å². The molecule has 0 aliphatic rings. The molecule has 0 amide bonds. The summed E-state index contributed by atoms with van der Waals surface area (Å²) < 4.78 is 0.966. The van der Waals surface area contributed by atoms with Crippen LogP contribution in [0.3, 0.4) is 0 Å². The summed E-state index contributed by atoms with van der Waals surface area (Å²) >= 11 is 3.69. The molecule has 0 fully saturated rings. The zero-order valence-corrected chi connectivity index (χ0v) is 21.2. The van der Waals surface area contributed by atoms with Crippen molar-refractivity contribution in [3.8, 4) is 56.2 Å². The van der Waals surface area contributed by atoms with E-state index in [9.17, 15) is 0 Å². The minimum absolute atomic E-state index is 0.625. The molecule has 6 aromatic rings. The number of aromatic nitrogens is 5. The molecule has 0 saturated heterocycles. The van der Waals surface area contributed by atoms with Crippen LogP contribution >= 0.6 is 15.9 Å². The molecule has 6 heteroatoms. The third kappa shape index (κ3) is 5.06. The molecule has 6 rings (SSSR count). The Hall–Kier alpha value is -4.55. The predicted molar refractivity (Wildman–Crippen MR) is 150 cm³/mol. The van der Waals surface area contributed by atoms with Gasteiger partial charge in [-0.25, -0.2) is 9.97 Å². The quantitative estimate of drug-likeness (QED) is 0.223. The molecule has 0 atom stereocenters. The van der Waals surface area contributed by atoms with Gasteiger partial charge in [0.25, 0.3) is 0 Å². The molecule has 0 radical (unpaired) electrons. The van der Waals surface area contributed by atoms with E-state index in [0.29, 0.717) is 5.82 Å². The van der Waals surface area contributed by atoms with Gasteiger partial charge in [0.15, 0.2) is 5.82 Å². The Morgan fingerprint density at radius 3 is 1.54 bits per heavy atom. The molecule has 0 spiro atoms. The van der Waals surface area contributed by atoms with Gasteiger partial charge in [0.2, 0.25) is 0 Å². The summed E-state index contributed by atoms with van der Waals surface area (Å²) in [5.74, 6) is 0.625. The van der Waals surface area contributed by atoms with Crippen molar-refractivity contribution in [2.75, 3.05) is 0 Å². The van der Waals surface area contributed by atoms with E-state index in [1.54, 1.807) is 24.8 Å². The molecule has 0 aliphatic carbocycles. The van der Waals surface area contributed by atoms with Gasteiger partial charge in [0, 0.05) is 63.9 Å². The average molecular weight is 542 g/mol. The zero-order chi connectivity index (χ0) is 25.0. The largest absolute Gasteiger partial charge is 0.264 e. The molecule has 37 heavy (non-hydrogen) atoms. The first-order valence-corrected chi connectivity index (χ1v) is 12.5. The van der Waals surface area contributed by atoms with Crippen LogP contribution in [-0.4, -0.2) is 24.9 Å². The van der Waals surface area contributed by atoms with Gasteiger partial charge in [-0.2, -0.15) is 0 Å². The highest BCUT2D eigenvalue weighted by Crippen LogP contribution is 2.33. The SMILES string of the molecule is Brc1cc(-c2cccnc2)cc(-c2cc(-c3ccc(-c4cccnc4)cc3)nc(-c3cccnc3)n2)c1. The fourth-order valence-electron chi connectivity index (χ4n) is 4.17. The van der Waals surface area contributed by atoms with Gasteiger partial charge in [-0.3, -0.25) is 15.0 Å². The minimum Gasteiger partial charge on any atom is -0.264 e. The zero-order valence-electron chi connectivity index (χ0n) is 19.7. The predicted octanol–water partition coefficient (Wildman–Crippen LogP) is 7.76. The van der Waals surface area contributed by atoms with Crippen molar-refractivity contribution in [3.05, 3.63) is 127 Å². The second-order valence-electron chi connectivity index (χ2n) is 8.49. The summed E-state index contributed by atoms with van der Waals surface area (Å²) in [5, 5.41) is 0. The molecule has 4 aromatic heterocycles. The van der Waals surface area contributed by atoms with Crippen LogP contribution in [0.1, 0.15) is 0 Å². The first-order valence-electron chi connectivity index (χ1n) is 11.7. The average Bonchev–Trinajstić information content (AvgIpc) is 2.98. The van der Waals surface area contributed by atoms with E-state index in [4.69, 9.17) is 9.97 Å². The van der Waals surface area contributed by atoms with Crippen molar-refractivity contribution >= 4 is 15.9 Å². The summed E-state index contributed by atoms with van der Waals surface area (Å²) in [6, 6.07) is 28.5. The molecule has 5 nitrogen and oxygen atoms in total. The van der Waals surface area contributed by atoms with E-state index >= 15 is 0 Å². The fourth-order valence-corrected chi connectivity index (χ4v) is 4.67. The lowest BCUT2D eigenvalue weighted by molar-refractivity contribution is 1.17. The number of hydrogen-bond donors (Lipinski definition) is 0. The van der Waals surface area contributed by atoms with Crippen molar-refractivity contribution in [1.29, 1.82) is 0 Å². The molecule has 0 bridgehead atoms. The standard InChI is InChI=1S/C31H20BrN5/c32-28-15-26(24-5-2-12-34-19-24)14-27(16-28)30-17-29(36-31(37-30)25-6-3-13-35-20-25)22-9-7-21(8-10-22)23-4-1-11-33-18-23/h1-20H. The highest BCUT2D eigenvalue weighted by atomic mass is 79.9. The summed E-state index contributed by atoms with van der Waals surface area (Å²) in [4.78, 5) is 22.7. The van der Waals surface area contributed by atoms with Crippen molar-refractivity contribution in [1.82, 2.24) is 24.9 Å². The van der Waals surface area contributed by atoms with Gasteiger partial charge in [0.05, 0.1) is 11.4 Å². The molecular weight excluding hydrogens is 522 g/mol. The molecule has 0 unspecified atom stereocenters. The highest BCUT2D eigenvalue weighted by Gasteiger charge is 2.13. The third-order valence-electron chi connectivity index (χ3n) is 6.01. The van der Waals surface area contributed by atoms with E-state index in [1.165, 1.54) is 0 Å². The Labute approximate surface area is 223 Å². The maximum absolute atomic E-state index is 4.94. The lowest BCUT2D eigenvalue weighted by Crippen LogP contribution is -1.96. The number of pyridine rings is 3. The second-order valence-corrected chi connectivity index (χ2v) is 9.41. The Morgan fingerprint density at radius 2 is 0.946 bits per heavy atom. The lowest BCUT2D eigenvalue weighted by atomic mass is 10.0. The number of benzene rings is 2. The van der Waals surface area contributed by atoms with Crippen LogP contribution in [0.4, 0.5) is 0 Å². The summed E-state index contributed by atoms with van der Waals surface area (Å²) in [6.07, 6.45) is 10.8. The van der Waals surface area contributed by atoms with Gasteiger partial charge in [-0.15, -0.1) is 0 Å². The van der Waals surface area contributed by atoms with Gasteiger partial charge in [-0.1, -0.05) is 52.3 Å². The van der Waals surface area contributed by atoms with E-state index in [0.717, 1.165) is 54.8 Å². The van der Waals surface area contributed by atoms with Gasteiger partial charge < -0.3 is 0 Å². The third-order valence-corrected chi connectivity index (χ3v) is 6.47. The van der Waals surface area contributed by atoms with E-state index in [2.05, 4.69) is 85.5 Å². The summed E-state index contributed by atoms with van der Waals surface area (Å²) in [7, 11) is 0. The van der Waals surface area contributed by atoms with Crippen LogP contribution in [0.2, 0.25) is 0 Å². The molecule has 176 valence electrons. The minimum atomic E-state index is 0.625.